The number of nitrogens with one attached hydrogen (secondary N) is 2. The molecule has 0 aliphatic heterocycles. The Balaban J connectivity index is 2.54. The number of likely N-dealkylation sites (N-methyl/N-ethyl adjacent to an activating group) is 1. The van der Waals surface area contributed by atoms with Crippen LogP contribution in [0.1, 0.15) is 33.6 Å². The van der Waals surface area contributed by atoms with Gasteiger partial charge in [-0.25, -0.2) is 0 Å². The average molecular weight is 317 g/mol. The van der Waals surface area contributed by atoms with Gasteiger partial charge in [0, 0.05) is 24.3 Å². The molecular weight excluding hydrogens is 290 g/mol. The van der Waals surface area contributed by atoms with Gasteiger partial charge in [0.25, 0.3) is 0 Å². The van der Waals surface area contributed by atoms with Gasteiger partial charge >= 0.3 is 0 Å². The van der Waals surface area contributed by atoms with Gasteiger partial charge in [-0.3, -0.25) is 14.5 Å². The second-order valence-corrected chi connectivity index (χ2v) is 5.58. The predicted molar refractivity (Wildman–Crippen MR) is 95.5 cm³/mol. The molecule has 0 bridgehead atoms. The molecule has 0 spiro atoms. The van der Waals surface area contributed by atoms with Crippen molar-refractivity contribution in [3.8, 4) is 0 Å². The van der Waals surface area contributed by atoms with Gasteiger partial charge < -0.3 is 10.6 Å². The van der Waals surface area contributed by atoms with Crippen LogP contribution >= 0.6 is 0 Å². The number of carbonyl (C=O) groups is 2. The summed E-state index contributed by atoms with van der Waals surface area (Å²) in [6.45, 7) is 10.6. The Bertz CT molecular complexity index is 526. The molecule has 2 N–H and O–H groups in total. The van der Waals surface area contributed by atoms with Gasteiger partial charge in [0.2, 0.25) is 11.8 Å². The lowest BCUT2D eigenvalue weighted by Gasteiger charge is -2.26. The lowest BCUT2D eigenvalue weighted by Crippen LogP contribution is -2.39. The quantitative estimate of drug-likeness (QED) is 0.687. The molecule has 126 valence electrons. The van der Waals surface area contributed by atoms with Gasteiger partial charge in [-0.05, 0) is 50.6 Å². The van der Waals surface area contributed by atoms with Gasteiger partial charge in [-0.2, -0.15) is 0 Å². The van der Waals surface area contributed by atoms with Crippen molar-refractivity contribution in [3.63, 3.8) is 0 Å². The Kier molecular flexibility index (Phi) is 8.05. The fraction of sp³-hybridized carbons (Fsp3) is 0.444. The minimum Gasteiger partial charge on any atom is -0.326 e. The van der Waals surface area contributed by atoms with E-state index in [2.05, 4.69) is 36.0 Å². The largest absolute Gasteiger partial charge is 0.326 e. The van der Waals surface area contributed by atoms with E-state index in [1.165, 1.54) is 6.92 Å². The number of hydrogen-bond donors (Lipinski definition) is 2. The molecule has 5 nitrogen and oxygen atoms in total. The number of allylic oxidation sites excluding steroid dienone is 1. The predicted octanol–water partition coefficient (Wildman–Crippen LogP) is 3.26. The van der Waals surface area contributed by atoms with E-state index >= 15 is 0 Å². The van der Waals surface area contributed by atoms with Gasteiger partial charge in [0.15, 0.2) is 0 Å². The van der Waals surface area contributed by atoms with Crippen LogP contribution in [0, 0.1) is 0 Å². The maximum atomic E-state index is 12.2. The zero-order chi connectivity index (χ0) is 17.2. The summed E-state index contributed by atoms with van der Waals surface area (Å²) in [5.74, 6) is -0.154. The molecular formula is C18H27N3O2. The summed E-state index contributed by atoms with van der Waals surface area (Å²) in [6, 6.07) is 7.43. The topological polar surface area (TPSA) is 61.4 Å². The summed E-state index contributed by atoms with van der Waals surface area (Å²) in [5, 5.41) is 5.58. The molecule has 1 aromatic carbocycles. The van der Waals surface area contributed by atoms with Crippen molar-refractivity contribution < 1.29 is 9.59 Å². The third-order valence-electron chi connectivity index (χ3n) is 3.65. The summed E-state index contributed by atoms with van der Waals surface area (Å²) in [4.78, 5) is 25.3. The number of anilines is 2. The highest BCUT2D eigenvalue weighted by Gasteiger charge is 2.15. The standard InChI is InChI=1S/C18H27N3O2/c1-5-7-8-14(3)21(6-2)13-18(23)20-17-11-9-16(10-12-17)19-15(4)22/h5,9-12,14H,1,6-8,13H2,2-4H3,(H,19,22)(H,20,23)/t14-/m0/s1. The highest BCUT2D eigenvalue weighted by molar-refractivity contribution is 5.93. The molecule has 0 heterocycles. The Morgan fingerprint density at radius 3 is 2.26 bits per heavy atom. The first-order chi connectivity index (χ1) is 11.0. The van der Waals surface area contributed by atoms with E-state index < -0.39 is 0 Å². The van der Waals surface area contributed by atoms with E-state index in [1.807, 2.05) is 6.08 Å². The van der Waals surface area contributed by atoms with Crippen LogP contribution < -0.4 is 10.6 Å². The van der Waals surface area contributed by atoms with Crippen LogP contribution in [0.4, 0.5) is 11.4 Å². The fourth-order valence-corrected chi connectivity index (χ4v) is 2.35. The molecule has 0 unspecified atom stereocenters. The van der Waals surface area contributed by atoms with Gasteiger partial charge in [-0.1, -0.05) is 13.0 Å². The zero-order valence-corrected chi connectivity index (χ0v) is 14.3. The molecule has 5 heteroatoms. The lowest BCUT2D eigenvalue weighted by atomic mass is 10.1. The molecule has 1 rings (SSSR count). The highest BCUT2D eigenvalue weighted by Crippen LogP contribution is 2.14. The number of rotatable bonds is 9. The Morgan fingerprint density at radius 2 is 1.78 bits per heavy atom. The smallest absolute Gasteiger partial charge is 0.238 e. The highest BCUT2D eigenvalue weighted by atomic mass is 16.2. The van der Waals surface area contributed by atoms with Crippen LogP contribution in [-0.4, -0.2) is 35.8 Å². The van der Waals surface area contributed by atoms with E-state index in [4.69, 9.17) is 0 Å². The van der Waals surface area contributed by atoms with E-state index in [0.717, 1.165) is 25.1 Å². The van der Waals surface area contributed by atoms with Crippen LogP contribution in [0.5, 0.6) is 0 Å². The number of amides is 2. The normalized spacial score (nSPS) is 11.8. The number of nitrogens with zero attached hydrogens (tertiary/aromatic N) is 1. The van der Waals surface area contributed by atoms with Crippen molar-refractivity contribution in [1.82, 2.24) is 4.90 Å². The van der Waals surface area contributed by atoms with Crippen LogP contribution in [0.2, 0.25) is 0 Å². The van der Waals surface area contributed by atoms with Crippen molar-refractivity contribution in [1.29, 1.82) is 0 Å². The molecule has 0 aliphatic carbocycles. The molecule has 0 aromatic heterocycles. The molecule has 1 atom stereocenters. The summed E-state index contributed by atoms with van der Waals surface area (Å²) in [7, 11) is 0. The van der Waals surface area contributed by atoms with Crippen LogP contribution in [0.25, 0.3) is 0 Å². The van der Waals surface area contributed by atoms with Crippen LogP contribution in [-0.2, 0) is 9.59 Å². The van der Waals surface area contributed by atoms with Gasteiger partial charge in [0.05, 0.1) is 6.54 Å². The number of hydrogen-bond acceptors (Lipinski definition) is 3. The average Bonchev–Trinajstić information content (AvgIpc) is 2.51. The molecule has 2 amide bonds. The van der Waals surface area contributed by atoms with Gasteiger partial charge in [0.1, 0.15) is 0 Å². The second-order valence-electron chi connectivity index (χ2n) is 5.58. The second kappa shape index (κ2) is 9.79. The van der Waals surface area contributed by atoms with E-state index in [9.17, 15) is 9.59 Å². The Hall–Kier alpha value is -2.14. The van der Waals surface area contributed by atoms with Crippen LogP contribution in [0.15, 0.2) is 36.9 Å². The Labute approximate surface area is 138 Å². The SMILES string of the molecule is C=CCC[C@H](C)N(CC)CC(=O)Nc1ccc(NC(C)=O)cc1. The summed E-state index contributed by atoms with van der Waals surface area (Å²) >= 11 is 0. The first kappa shape index (κ1) is 18.9. The molecule has 0 aliphatic rings. The van der Waals surface area contributed by atoms with Gasteiger partial charge in [-0.15, -0.1) is 6.58 Å². The maximum Gasteiger partial charge on any atom is 0.238 e. The molecule has 0 saturated carbocycles. The van der Waals surface area contributed by atoms with Crippen molar-refractivity contribution in [2.45, 2.75) is 39.7 Å². The lowest BCUT2D eigenvalue weighted by molar-refractivity contribution is -0.118. The fourth-order valence-electron chi connectivity index (χ4n) is 2.35. The molecule has 23 heavy (non-hydrogen) atoms. The third-order valence-corrected chi connectivity index (χ3v) is 3.65. The molecule has 1 aromatic rings. The van der Waals surface area contributed by atoms with Crippen molar-refractivity contribution in [2.24, 2.45) is 0 Å². The number of carbonyl (C=O) groups excluding carboxylic acids is 2. The number of benzene rings is 1. The van der Waals surface area contributed by atoms with E-state index in [0.29, 0.717) is 18.3 Å². The summed E-state index contributed by atoms with van der Waals surface area (Å²) in [5.41, 5.74) is 1.43. The monoisotopic (exact) mass is 317 g/mol. The first-order valence-corrected chi connectivity index (χ1v) is 7.98. The minimum atomic E-state index is -0.117. The maximum absolute atomic E-state index is 12.2. The molecule has 0 radical (unpaired) electrons. The molecule has 0 saturated heterocycles. The van der Waals surface area contributed by atoms with Crippen molar-refractivity contribution >= 4 is 23.2 Å². The summed E-state index contributed by atoms with van der Waals surface area (Å²) in [6.07, 6.45) is 3.85. The van der Waals surface area contributed by atoms with Crippen molar-refractivity contribution in [3.05, 3.63) is 36.9 Å². The zero-order valence-electron chi connectivity index (χ0n) is 14.3. The van der Waals surface area contributed by atoms with Crippen LogP contribution in [0.3, 0.4) is 0 Å². The molecule has 0 fully saturated rings. The van der Waals surface area contributed by atoms with E-state index in [-0.39, 0.29) is 11.8 Å². The van der Waals surface area contributed by atoms with E-state index in [1.54, 1.807) is 24.3 Å². The minimum absolute atomic E-state index is 0.0374. The Morgan fingerprint density at radius 1 is 1.22 bits per heavy atom. The third kappa shape index (κ3) is 7.10. The summed E-state index contributed by atoms with van der Waals surface area (Å²) < 4.78 is 0. The first-order valence-electron chi connectivity index (χ1n) is 7.98. The van der Waals surface area contributed by atoms with Crippen molar-refractivity contribution in [2.75, 3.05) is 23.7 Å².